The molecule has 1 aliphatic heterocycles. The number of hydrogen-bond donors (Lipinski definition) is 1. The molecule has 0 radical (unpaired) electrons. The Morgan fingerprint density at radius 3 is 2.72 bits per heavy atom. The van der Waals surface area contributed by atoms with E-state index in [2.05, 4.69) is 9.97 Å². The molecule has 1 saturated heterocycles. The molecule has 4 rings (SSSR count). The highest BCUT2D eigenvalue weighted by molar-refractivity contribution is 5.80. The Hall–Kier alpha value is -3.68. The number of nitrogens with one attached hydrogen (secondary N) is 1. The number of H-pyrrole nitrogens is 1. The van der Waals surface area contributed by atoms with Gasteiger partial charge >= 0.3 is 0 Å². The average Bonchev–Trinajstić information content (AvgIpc) is 2.84. The molecule has 32 heavy (non-hydrogen) atoms. The Kier molecular flexibility index (Phi) is 6.49. The molecule has 0 saturated carbocycles. The van der Waals surface area contributed by atoms with Gasteiger partial charge in [-0.1, -0.05) is 0 Å². The van der Waals surface area contributed by atoms with Crippen molar-refractivity contribution in [2.45, 2.75) is 25.2 Å². The fourth-order valence-corrected chi connectivity index (χ4v) is 4.06. The summed E-state index contributed by atoms with van der Waals surface area (Å²) < 4.78 is 10.7. The molecule has 1 amide bonds. The zero-order chi connectivity index (χ0) is 22.5. The molecule has 1 aromatic carbocycles. The van der Waals surface area contributed by atoms with Crippen LogP contribution in [0.25, 0.3) is 11.3 Å². The normalized spacial score (nSPS) is 15.9. The lowest BCUT2D eigenvalue weighted by atomic mass is 9.96. The highest BCUT2D eigenvalue weighted by Crippen LogP contribution is 2.28. The SMILES string of the molecule is COc1ccc(OC)c(CC(=O)N2CCC[C@@H](c3nc(-c4ccncc4)cc(=O)[nH]3)C2)c1. The Morgan fingerprint density at radius 1 is 1.16 bits per heavy atom. The predicted molar refractivity (Wildman–Crippen MR) is 120 cm³/mol. The van der Waals surface area contributed by atoms with E-state index < -0.39 is 0 Å². The minimum atomic E-state index is -0.202. The first kappa shape index (κ1) is 21.5. The number of hydrogen-bond acceptors (Lipinski definition) is 6. The van der Waals surface area contributed by atoms with Gasteiger partial charge in [0.2, 0.25) is 5.91 Å². The molecular formula is C24H26N4O4. The smallest absolute Gasteiger partial charge is 0.251 e. The number of piperidine rings is 1. The summed E-state index contributed by atoms with van der Waals surface area (Å²) in [5.41, 5.74) is 2.02. The molecule has 0 unspecified atom stereocenters. The summed E-state index contributed by atoms with van der Waals surface area (Å²) in [6, 6.07) is 10.6. The first-order valence-electron chi connectivity index (χ1n) is 10.6. The number of carbonyl (C=O) groups is 1. The van der Waals surface area contributed by atoms with E-state index in [0.29, 0.717) is 36.1 Å². The molecule has 1 N–H and O–H groups in total. The van der Waals surface area contributed by atoms with Crippen molar-refractivity contribution in [2.75, 3.05) is 27.3 Å². The Bertz CT molecular complexity index is 1150. The molecule has 3 heterocycles. The van der Waals surface area contributed by atoms with E-state index in [9.17, 15) is 9.59 Å². The molecule has 0 bridgehead atoms. The Morgan fingerprint density at radius 2 is 1.97 bits per heavy atom. The Labute approximate surface area is 186 Å². The van der Waals surface area contributed by atoms with Crippen molar-refractivity contribution < 1.29 is 14.3 Å². The van der Waals surface area contributed by atoms with Crippen molar-refractivity contribution in [1.29, 1.82) is 0 Å². The van der Waals surface area contributed by atoms with Crippen LogP contribution in [0, 0.1) is 0 Å². The number of pyridine rings is 1. The Balaban J connectivity index is 1.52. The van der Waals surface area contributed by atoms with E-state index in [0.717, 1.165) is 24.0 Å². The van der Waals surface area contributed by atoms with E-state index in [1.165, 1.54) is 6.07 Å². The number of methoxy groups -OCH3 is 2. The summed E-state index contributed by atoms with van der Waals surface area (Å²) in [5, 5.41) is 0. The molecule has 166 valence electrons. The van der Waals surface area contributed by atoms with Gasteiger partial charge in [-0.15, -0.1) is 0 Å². The van der Waals surface area contributed by atoms with Crippen LogP contribution < -0.4 is 15.0 Å². The highest BCUT2D eigenvalue weighted by Gasteiger charge is 2.27. The van der Waals surface area contributed by atoms with Crippen LogP contribution in [0.15, 0.2) is 53.6 Å². The van der Waals surface area contributed by atoms with E-state index >= 15 is 0 Å². The number of likely N-dealkylation sites (tertiary alicyclic amines) is 1. The van der Waals surface area contributed by atoms with Crippen LogP contribution in [-0.2, 0) is 11.2 Å². The quantitative estimate of drug-likeness (QED) is 0.641. The van der Waals surface area contributed by atoms with Gasteiger partial charge in [-0.05, 0) is 43.2 Å². The fraction of sp³-hybridized carbons (Fsp3) is 0.333. The third-order valence-corrected chi connectivity index (χ3v) is 5.73. The van der Waals surface area contributed by atoms with Crippen LogP contribution in [0.3, 0.4) is 0 Å². The van der Waals surface area contributed by atoms with Crippen LogP contribution >= 0.6 is 0 Å². The third-order valence-electron chi connectivity index (χ3n) is 5.73. The largest absolute Gasteiger partial charge is 0.497 e. The van der Waals surface area contributed by atoms with Crippen molar-refractivity contribution in [3.63, 3.8) is 0 Å². The summed E-state index contributed by atoms with van der Waals surface area (Å²) in [4.78, 5) is 38.8. The van der Waals surface area contributed by atoms with E-state index in [-0.39, 0.29) is 23.8 Å². The minimum absolute atomic E-state index is 0.00823. The minimum Gasteiger partial charge on any atom is -0.497 e. The number of ether oxygens (including phenoxy) is 2. The second-order valence-electron chi connectivity index (χ2n) is 7.79. The number of carbonyl (C=O) groups excluding carboxylic acids is 1. The molecule has 1 fully saturated rings. The number of aromatic nitrogens is 3. The molecule has 1 atom stereocenters. The lowest BCUT2D eigenvalue weighted by Gasteiger charge is -2.32. The molecule has 1 aliphatic rings. The molecule has 3 aromatic rings. The fourth-order valence-electron chi connectivity index (χ4n) is 4.06. The third kappa shape index (κ3) is 4.80. The van der Waals surface area contributed by atoms with E-state index in [1.54, 1.807) is 32.7 Å². The molecular weight excluding hydrogens is 408 g/mol. The van der Waals surface area contributed by atoms with Crippen LogP contribution in [-0.4, -0.2) is 53.1 Å². The van der Waals surface area contributed by atoms with E-state index in [4.69, 9.17) is 14.5 Å². The van der Waals surface area contributed by atoms with Crippen molar-refractivity contribution >= 4 is 5.91 Å². The maximum atomic E-state index is 13.1. The van der Waals surface area contributed by atoms with Crippen LogP contribution in [0.4, 0.5) is 0 Å². The monoisotopic (exact) mass is 434 g/mol. The van der Waals surface area contributed by atoms with Crippen molar-refractivity contribution in [3.05, 3.63) is 70.5 Å². The topological polar surface area (TPSA) is 97.4 Å². The molecule has 8 nitrogen and oxygen atoms in total. The van der Waals surface area contributed by atoms with Gasteiger partial charge in [-0.3, -0.25) is 14.6 Å². The number of rotatable bonds is 6. The molecule has 8 heteroatoms. The van der Waals surface area contributed by atoms with Crippen molar-refractivity contribution in [3.8, 4) is 22.8 Å². The molecule has 2 aromatic heterocycles. The van der Waals surface area contributed by atoms with Crippen LogP contribution in [0.2, 0.25) is 0 Å². The van der Waals surface area contributed by atoms with Crippen molar-refractivity contribution in [1.82, 2.24) is 19.9 Å². The van der Waals surface area contributed by atoms with Gasteiger partial charge in [-0.2, -0.15) is 0 Å². The highest BCUT2D eigenvalue weighted by atomic mass is 16.5. The molecule has 0 aliphatic carbocycles. The van der Waals surface area contributed by atoms with Gasteiger partial charge in [-0.25, -0.2) is 4.98 Å². The summed E-state index contributed by atoms with van der Waals surface area (Å²) in [5.74, 6) is 1.92. The second kappa shape index (κ2) is 9.64. The summed E-state index contributed by atoms with van der Waals surface area (Å²) >= 11 is 0. The zero-order valence-corrected chi connectivity index (χ0v) is 18.2. The van der Waals surface area contributed by atoms with Crippen LogP contribution in [0.1, 0.15) is 30.1 Å². The van der Waals surface area contributed by atoms with Gasteiger partial charge in [0.25, 0.3) is 5.56 Å². The lowest BCUT2D eigenvalue weighted by Crippen LogP contribution is -2.40. The van der Waals surface area contributed by atoms with Gasteiger partial charge in [0.15, 0.2) is 0 Å². The summed E-state index contributed by atoms with van der Waals surface area (Å²) in [6.45, 7) is 1.18. The van der Waals surface area contributed by atoms with Gasteiger partial charge in [0.1, 0.15) is 17.3 Å². The van der Waals surface area contributed by atoms with Crippen molar-refractivity contribution in [2.24, 2.45) is 0 Å². The predicted octanol–water partition coefficient (Wildman–Crippen LogP) is 2.80. The van der Waals surface area contributed by atoms with Gasteiger partial charge < -0.3 is 19.4 Å². The zero-order valence-electron chi connectivity index (χ0n) is 18.2. The van der Waals surface area contributed by atoms with Gasteiger partial charge in [0.05, 0.1) is 26.3 Å². The molecule has 0 spiro atoms. The average molecular weight is 434 g/mol. The maximum Gasteiger partial charge on any atom is 0.251 e. The second-order valence-corrected chi connectivity index (χ2v) is 7.79. The number of nitrogens with zero attached hydrogens (tertiary/aromatic N) is 3. The van der Waals surface area contributed by atoms with E-state index in [1.807, 2.05) is 29.2 Å². The first-order valence-corrected chi connectivity index (χ1v) is 10.6. The first-order chi connectivity index (χ1) is 15.6. The summed E-state index contributed by atoms with van der Waals surface area (Å²) in [6.07, 6.45) is 5.26. The lowest BCUT2D eigenvalue weighted by molar-refractivity contribution is -0.131. The summed E-state index contributed by atoms with van der Waals surface area (Å²) in [7, 11) is 3.18. The number of benzene rings is 1. The maximum absolute atomic E-state index is 13.1. The van der Waals surface area contributed by atoms with Gasteiger partial charge in [0, 0.05) is 48.6 Å². The number of amides is 1. The number of aromatic amines is 1. The van der Waals surface area contributed by atoms with Crippen LogP contribution in [0.5, 0.6) is 11.5 Å². The standard InChI is InChI=1S/C24H26N4O4/c1-31-19-5-6-21(32-2)18(12-19)13-23(30)28-11-3-4-17(15-28)24-26-20(14-22(29)27-24)16-7-9-25-10-8-16/h5-10,12,14,17H,3-4,11,13,15H2,1-2H3,(H,26,27,29)/t17-/m1/s1.